The van der Waals surface area contributed by atoms with Gasteiger partial charge in [-0.05, 0) is 54.7 Å². The topological polar surface area (TPSA) is 130 Å². The van der Waals surface area contributed by atoms with Crippen molar-refractivity contribution in [1.29, 1.82) is 0 Å². The van der Waals surface area contributed by atoms with Gasteiger partial charge in [0.1, 0.15) is 17.7 Å². The summed E-state index contributed by atoms with van der Waals surface area (Å²) in [5, 5.41) is 20.6. The molecular weight excluding hydrogens is 570 g/mol. The molecule has 6 rings (SSSR count). The van der Waals surface area contributed by atoms with Gasteiger partial charge in [0.25, 0.3) is 0 Å². The monoisotopic (exact) mass is 599 g/mol. The van der Waals surface area contributed by atoms with Crippen molar-refractivity contribution < 1.29 is 32.2 Å². The first kappa shape index (κ1) is 28.8. The van der Waals surface area contributed by atoms with Crippen LogP contribution in [0.5, 0.6) is 0 Å². The van der Waals surface area contributed by atoms with Gasteiger partial charge in [0.15, 0.2) is 5.82 Å². The van der Waals surface area contributed by atoms with Crippen molar-refractivity contribution in [3.05, 3.63) is 71.4 Å². The number of urea groups is 1. The Hall–Kier alpha value is -4.27. The Labute approximate surface area is 243 Å². The number of ether oxygens (including phenoxy) is 1. The van der Waals surface area contributed by atoms with Gasteiger partial charge in [0.2, 0.25) is 0 Å². The van der Waals surface area contributed by atoms with Crippen LogP contribution in [-0.2, 0) is 17.5 Å². The maximum absolute atomic E-state index is 14.1. The zero-order valence-corrected chi connectivity index (χ0v) is 22.9. The number of hydrogen-bond acceptors (Lipinski definition) is 7. The largest absolute Gasteiger partial charge is 0.416 e. The van der Waals surface area contributed by atoms with Crippen LogP contribution in [-0.4, -0.2) is 56.9 Å². The summed E-state index contributed by atoms with van der Waals surface area (Å²) < 4.78 is 60.5. The number of carbonyl (C=O) groups is 1. The normalized spacial score (nSPS) is 16.8. The van der Waals surface area contributed by atoms with Crippen LogP contribution in [0.4, 0.5) is 39.5 Å². The van der Waals surface area contributed by atoms with Crippen LogP contribution in [0.25, 0.3) is 16.6 Å². The number of nitrogens with one attached hydrogen (secondary N) is 2. The summed E-state index contributed by atoms with van der Waals surface area (Å²) in [5.74, 6) is -0.657. The average molecular weight is 600 g/mol. The lowest BCUT2D eigenvalue weighted by Gasteiger charge is -2.27. The minimum absolute atomic E-state index is 0.106. The first-order valence-electron chi connectivity index (χ1n) is 13.8. The molecule has 1 atom stereocenters. The number of halogens is 4. The highest BCUT2D eigenvalue weighted by atomic mass is 19.4. The highest BCUT2D eigenvalue weighted by Gasteiger charge is 2.37. The predicted octanol–water partition coefficient (Wildman–Crippen LogP) is 5.06. The number of anilines is 3. The Bertz CT molecular complexity index is 1650. The molecular formula is C29H29F4N7O3. The lowest BCUT2D eigenvalue weighted by Crippen LogP contribution is -2.36. The fraction of sp³-hybridized carbons (Fsp3) is 0.345. The highest BCUT2D eigenvalue weighted by Crippen LogP contribution is 2.48. The molecule has 1 saturated heterocycles. The third-order valence-corrected chi connectivity index (χ3v) is 7.71. The third kappa shape index (κ3) is 5.98. The minimum Gasteiger partial charge on any atom is -0.388 e. The number of morpholine rings is 1. The van der Waals surface area contributed by atoms with E-state index in [1.807, 2.05) is 0 Å². The maximum Gasteiger partial charge on any atom is 0.416 e. The SMILES string of the molecule is Nc1ncnn2c(CN3CCOCC3)c(C(O)C3CC3)c(-c3ccc(NC(=O)Nc4cc(C(F)(F)F)ccc4F)cc3)c12. The fourth-order valence-corrected chi connectivity index (χ4v) is 5.38. The molecule has 10 nitrogen and oxygen atoms in total. The summed E-state index contributed by atoms with van der Waals surface area (Å²) in [7, 11) is 0. The predicted molar refractivity (Wildman–Crippen MR) is 151 cm³/mol. The molecule has 2 aliphatic rings. The first-order chi connectivity index (χ1) is 20.6. The number of alkyl halides is 3. The summed E-state index contributed by atoms with van der Waals surface area (Å²) in [6.07, 6.45) is -2.27. The number of aliphatic hydroxyl groups excluding tert-OH is 1. The average Bonchev–Trinajstić information content (AvgIpc) is 3.78. The van der Waals surface area contributed by atoms with E-state index in [2.05, 4.69) is 25.6 Å². The standard InChI is InChI=1S/C29H29F4N7O3/c30-20-8-5-18(29(31,32)33)13-21(20)38-28(42)37-19-6-3-16(4-7-19)23-24(26(41)17-1-2-17)22(14-39-9-11-43-12-10-39)40-25(23)27(34)35-15-36-40/h3-8,13,15,17,26,41H,1-2,9-12,14H2,(H2,34,35,36)(H2,37,38,42). The molecule has 5 N–H and O–H groups in total. The van der Waals surface area contributed by atoms with Crippen molar-refractivity contribution in [1.82, 2.24) is 19.5 Å². The Balaban J connectivity index is 1.31. The minimum atomic E-state index is -4.69. The number of rotatable bonds is 7. The van der Waals surface area contributed by atoms with Gasteiger partial charge in [-0.1, -0.05) is 12.1 Å². The molecule has 1 aliphatic carbocycles. The molecule has 1 aliphatic heterocycles. The van der Waals surface area contributed by atoms with Gasteiger partial charge in [-0.2, -0.15) is 18.3 Å². The smallest absolute Gasteiger partial charge is 0.388 e. The molecule has 1 saturated carbocycles. The van der Waals surface area contributed by atoms with Gasteiger partial charge in [0, 0.05) is 36.4 Å². The van der Waals surface area contributed by atoms with Crippen molar-refractivity contribution in [2.24, 2.45) is 5.92 Å². The van der Waals surface area contributed by atoms with Crippen molar-refractivity contribution in [2.45, 2.75) is 31.7 Å². The zero-order valence-electron chi connectivity index (χ0n) is 22.9. The van der Waals surface area contributed by atoms with E-state index < -0.39 is 35.4 Å². The fourth-order valence-electron chi connectivity index (χ4n) is 5.38. The van der Waals surface area contributed by atoms with Crippen molar-refractivity contribution in [2.75, 3.05) is 42.7 Å². The molecule has 226 valence electrons. The number of nitrogens with zero attached hydrogens (tertiary/aromatic N) is 4. The third-order valence-electron chi connectivity index (χ3n) is 7.71. The van der Waals surface area contributed by atoms with Crippen molar-refractivity contribution in [3.8, 4) is 11.1 Å². The van der Waals surface area contributed by atoms with E-state index in [0.29, 0.717) is 60.3 Å². The van der Waals surface area contributed by atoms with Crippen LogP contribution in [0.15, 0.2) is 48.8 Å². The molecule has 0 spiro atoms. The van der Waals surface area contributed by atoms with E-state index in [1.165, 1.54) is 6.33 Å². The number of aromatic nitrogens is 3. The second-order valence-electron chi connectivity index (χ2n) is 10.7. The van der Waals surface area contributed by atoms with Crippen LogP contribution in [0, 0.1) is 11.7 Å². The van der Waals surface area contributed by atoms with Crippen LogP contribution < -0.4 is 16.4 Å². The van der Waals surface area contributed by atoms with Crippen LogP contribution in [0.3, 0.4) is 0 Å². The van der Waals surface area contributed by atoms with Crippen molar-refractivity contribution >= 4 is 28.7 Å². The highest BCUT2D eigenvalue weighted by molar-refractivity contribution is 6.00. The summed E-state index contributed by atoms with van der Waals surface area (Å²) >= 11 is 0. The van der Waals surface area contributed by atoms with E-state index in [4.69, 9.17) is 10.5 Å². The van der Waals surface area contributed by atoms with E-state index in [9.17, 15) is 27.5 Å². The Morgan fingerprint density at radius 2 is 1.84 bits per heavy atom. The molecule has 0 bridgehead atoms. The number of hydrogen-bond donors (Lipinski definition) is 4. The quantitative estimate of drug-likeness (QED) is 0.219. The molecule has 2 fully saturated rings. The molecule has 2 aromatic carbocycles. The number of nitrogen functional groups attached to an aromatic ring is 1. The molecule has 2 amide bonds. The van der Waals surface area contributed by atoms with E-state index in [-0.39, 0.29) is 11.7 Å². The van der Waals surface area contributed by atoms with Crippen molar-refractivity contribution in [3.63, 3.8) is 0 Å². The summed E-state index contributed by atoms with van der Waals surface area (Å²) in [5.41, 5.74) is 8.44. The van der Waals surface area contributed by atoms with Crippen LogP contribution in [0.1, 0.15) is 35.8 Å². The molecule has 3 heterocycles. The van der Waals surface area contributed by atoms with Crippen LogP contribution >= 0.6 is 0 Å². The molecule has 1 unspecified atom stereocenters. The lowest BCUT2D eigenvalue weighted by molar-refractivity contribution is -0.137. The maximum atomic E-state index is 14.1. The van der Waals surface area contributed by atoms with Gasteiger partial charge < -0.3 is 26.2 Å². The Kier molecular flexibility index (Phi) is 7.66. The molecule has 43 heavy (non-hydrogen) atoms. The summed E-state index contributed by atoms with van der Waals surface area (Å²) in [6.45, 7) is 3.20. The Morgan fingerprint density at radius 3 is 2.51 bits per heavy atom. The number of fused-ring (bicyclic) bond motifs is 1. The second-order valence-corrected chi connectivity index (χ2v) is 10.7. The Morgan fingerprint density at radius 1 is 1.12 bits per heavy atom. The zero-order chi connectivity index (χ0) is 30.3. The summed E-state index contributed by atoms with van der Waals surface area (Å²) in [4.78, 5) is 19.0. The van der Waals surface area contributed by atoms with Crippen LogP contribution in [0.2, 0.25) is 0 Å². The number of amides is 2. The summed E-state index contributed by atoms with van der Waals surface area (Å²) in [6, 6.07) is 7.49. The van der Waals surface area contributed by atoms with E-state index in [0.717, 1.165) is 37.2 Å². The van der Waals surface area contributed by atoms with Gasteiger partial charge in [0.05, 0.1) is 36.3 Å². The lowest BCUT2D eigenvalue weighted by atomic mass is 9.94. The number of aliphatic hydroxyl groups is 1. The number of nitrogens with two attached hydrogens (primary N) is 1. The number of carbonyl (C=O) groups excluding carboxylic acids is 1. The molecule has 14 heteroatoms. The van der Waals surface area contributed by atoms with Gasteiger partial charge in [-0.15, -0.1) is 0 Å². The van der Waals surface area contributed by atoms with E-state index in [1.54, 1.807) is 28.8 Å². The van der Waals surface area contributed by atoms with Gasteiger partial charge in [-0.25, -0.2) is 18.7 Å². The van der Waals surface area contributed by atoms with E-state index >= 15 is 0 Å². The molecule has 2 aromatic heterocycles. The number of benzene rings is 2. The second kappa shape index (κ2) is 11.4. The first-order valence-corrected chi connectivity index (χ1v) is 13.8. The molecule has 0 radical (unpaired) electrons. The van der Waals surface area contributed by atoms with Gasteiger partial charge >= 0.3 is 12.2 Å². The van der Waals surface area contributed by atoms with Gasteiger partial charge in [-0.3, -0.25) is 4.90 Å². The molecule has 4 aromatic rings.